The summed E-state index contributed by atoms with van der Waals surface area (Å²) in [7, 11) is 0. The molecule has 9 heteroatoms. The number of benzene rings is 1. The molecular formula is C24H24ClF3N2O3. The summed E-state index contributed by atoms with van der Waals surface area (Å²) in [5, 5.41) is 0.0619. The van der Waals surface area contributed by atoms with E-state index in [0.717, 1.165) is 32.0 Å². The molecule has 2 atom stereocenters. The van der Waals surface area contributed by atoms with Crippen LogP contribution in [0.3, 0.4) is 0 Å². The third kappa shape index (κ3) is 3.70. The zero-order valence-electron chi connectivity index (χ0n) is 18.0. The highest BCUT2D eigenvalue weighted by Crippen LogP contribution is 2.47. The molecule has 2 unspecified atom stereocenters. The third-order valence-electron chi connectivity index (χ3n) is 7.72. The molecule has 1 aromatic heterocycles. The van der Waals surface area contributed by atoms with Crippen molar-refractivity contribution >= 4 is 34.4 Å². The van der Waals surface area contributed by atoms with Gasteiger partial charge in [0.25, 0.3) is 5.91 Å². The number of fused-ring (bicyclic) bond motifs is 2. The molecular weight excluding hydrogens is 457 g/mol. The average Bonchev–Trinajstić information content (AvgIpc) is 3.72. The van der Waals surface area contributed by atoms with Crippen molar-refractivity contribution < 1.29 is 27.2 Å². The molecule has 0 radical (unpaired) electrons. The molecule has 2 saturated carbocycles. The molecule has 4 aliphatic rings. The highest BCUT2D eigenvalue weighted by molar-refractivity contribution is 6.38. The van der Waals surface area contributed by atoms with Crippen LogP contribution in [0.15, 0.2) is 16.5 Å². The second-order valence-corrected chi connectivity index (χ2v) is 10.4. The van der Waals surface area contributed by atoms with E-state index in [4.69, 9.17) is 16.0 Å². The molecule has 176 valence electrons. The van der Waals surface area contributed by atoms with Crippen LogP contribution in [0.5, 0.6) is 0 Å². The van der Waals surface area contributed by atoms with E-state index in [0.29, 0.717) is 43.3 Å². The molecule has 33 heavy (non-hydrogen) atoms. The fraction of sp³-hybridized carbons (Fsp3) is 0.583. The highest BCUT2D eigenvalue weighted by atomic mass is 35.5. The number of carbonyl (C=O) groups is 2. The summed E-state index contributed by atoms with van der Waals surface area (Å²) in [5.41, 5.74) is -0.705. The summed E-state index contributed by atoms with van der Waals surface area (Å²) in [6.45, 7) is 2.40. The lowest BCUT2D eigenvalue weighted by molar-refractivity contribution is -0.137. The molecule has 2 amide bonds. The van der Waals surface area contributed by atoms with Crippen molar-refractivity contribution in [2.45, 2.75) is 44.2 Å². The van der Waals surface area contributed by atoms with Gasteiger partial charge in [0, 0.05) is 37.5 Å². The van der Waals surface area contributed by atoms with E-state index in [2.05, 4.69) is 0 Å². The molecule has 2 aromatic rings. The number of nitrogens with zero attached hydrogens (tertiary/aromatic N) is 2. The van der Waals surface area contributed by atoms with Gasteiger partial charge in [0.1, 0.15) is 5.58 Å². The lowest BCUT2D eigenvalue weighted by Crippen LogP contribution is -2.44. The number of amides is 2. The minimum Gasteiger partial charge on any atom is -0.449 e. The first-order valence-electron chi connectivity index (χ1n) is 11.6. The Balaban J connectivity index is 1.22. The van der Waals surface area contributed by atoms with Gasteiger partial charge in [-0.25, -0.2) is 0 Å². The zero-order chi connectivity index (χ0) is 23.1. The molecule has 0 spiro atoms. The summed E-state index contributed by atoms with van der Waals surface area (Å²) in [5.74, 6) is 0.716. The smallest absolute Gasteiger partial charge is 0.420 e. The Kier molecular flexibility index (Phi) is 4.77. The van der Waals surface area contributed by atoms with Crippen LogP contribution in [0.25, 0.3) is 11.0 Å². The summed E-state index contributed by atoms with van der Waals surface area (Å²) in [4.78, 5) is 29.4. The van der Waals surface area contributed by atoms with Crippen LogP contribution in [0.2, 0.25) is 5.02 Å². The quantitative estimate of drug-likeness (QED) is 0.598. The van der Waals surface area contributed by atoms with Crippen molar-refractivity contribution in [3.63, 3.8) is 0 Å². The van der Waals surface area contributed by atoms with Crippen molar-refractivity contribution in [2.75, 3.05) is 26.2 Å². The Hall–Kier alpha value is -2.22. The van der Waals surface area contributed by atoms with E-state index in [-0.39, 0.29) is 33.9 Å². The number of alkyl halides is 3. The lowest BCUT2D eigenvalue weighted by Gasteiger charge is -2.33. The Morgan fingerprint density at radius 3 is 2.27 bits per heavy atom. The van der Waals surface area contributed by atoms with Gasteiger partial charge in [-0.3, -0.25) is 9.59 Å². The molecule has 2 aliphatic heterocycles. The normalized spacial score (nSPS) is 25.6. The number of furan rings is 1. The standard InChI is InChI=1S/C24H24ClF3N2O3/c25-19-17-8-14(12-1-2-12)9-18(24(26,27)28)20(17)33-21(19)23(32)29-5-3-13(4-6-29)22(31)30-10-15-7-16(15)11-30/h8-9,12-13,15-16H,1-7,10-11H2. The largest absolute Gasteiger partial charge is 0.449 e. The first-order valence-corrected chi connectivity index (χ1v) is 12.0. The van der Waals surface area contributed by atoms with E-state index in [1.165, 1.54) is 11.3 Å². The van der Waals surface area contributed by atoms with Gasteiger partial charge in [-0.1, -0.05) is 11.6 Å². The first kappa shape index (κ1) is 21.3. The van der Waals surface area contributed by atoms with Crippen molar-refractivity contribution in [3.8, 4) is 0 Å². The Bertz CT molecular complexity index is 1140. The molecule has 5 nitrogen and oxygen atoms in total. The molecule has 0 bridgehead atoms. The van der Waals surface area contributed by atoms with Crippen molar-refractivity contribution in [1.82, 2.24) is 9.80 Å². The average molecular weight is 481 g/mol. The van der Waals surface area contributed by atoms with Gasteiger partial charge in [-0.2, -0.15) is 13.2 Å². The predicted octanol–water partition coefficient (Wildman–Crippen LogP) is 5.31. The van der Waals surface area contributed by atoms with Crippen LogP contribution >= 0.6 is 11.6 Å². The maximum absolute atomic E-state index is 13.7. The fourth-order valence-electron chi connectivity index (χ4n) is 5.50. The Morgan fingerprint density at radius 2 is 1.67 bits per heavy atom. The van der Waals surface area contributed by atoms with Crippen LogP contribution < -0.4 is 0 Å². The Labute approximate surface area is 193 Å². The van der Waals surface area contributed by atoms with Gasteiger partial charge in [0.2, 0.25) is 11.7 Å². The summed E-state index contributed by atoms with van der Waals surface area (Å²) < 4.78 is 46.6. The summed E-state index contributed by atoms with van der Waals surface area (Å²) in [6.07, 6.45) is -0.624. The monoisotopic (exact) mass is 480 g/mol. The molecule has 2 saturated heterocycles. The minimum atomic E-state index is -4.61. The number of rotatable bonds is 3. The van der Waals surface area contributed by atoms with Gasteiger partial charge in [-0.05, 0) is 67.6 Å². The van der Waals surface area contributed by atoms with Crippen LogP contribution in [0.4, 0.5) is 13.2 Å². The summed E-state index contributed by atoms with van der Waals surface area (Å²) >= 11 is 6.40. The van der Waals surface area contributed by atoms with Crippen molar-refractivity contribution in [2.24, 2.45) is 17.8 Å². The van der Waals surface area contributed by atoms with Crippen molar-refractivity contribution in [1.29, 1.82) is 0 Å². The van der Waals surface area contributed by atoms with E-state index >= 15 is 0 Å². The van der Waals surface area contributed by atoms with Crippen LogP contribution in [-0.2, 0) is 11.0 Å². The fourth-order valence-corrected chi connectivity index (χ4v) is 5.76. The second-order valence-electron chi connectivity index (χ2n) is 10.0. The molecule has 4 fully saturated rings. The molecule has 1 aromatic carbocycles. The van der Waals surface area contributed by atoms with E-state index in [1.807, 2.05) is 4.90 Å². The number of hydrogen-bond acceptors (Lipinski definition) is 3. The van der Waals surface area contributed by atoms with Crippen molar-refractivity contribution in [3.05, 3.63) is 34.0 Å². The number of carbonyl (C=O) groups excluding carboxylic acids is 2. The molecule has 3 heterocycles. The number of hydrogen-bond donors (Lipinski definition) is 0. The maximum atomic E-state index is 13.7. The molecule has 0 N–H and O–H groups in total. The topological polar surface area (TPSA) is 53.8 Å². The van der Waals surface area contributed by atoms with Gasteiger partial charge >= 0.3 is 6.18 Å². The van der Waals surface area contributed by atoms with Gasteiger partial charge in [-0.15, -0.1) is 0 Å². The molecule has 6 rings (SSSR count). The number of likely N-dealkylation sites (tertiary alicyclic amines) is 2. The van der Waals surface area contributed by atoms with Crippen LogP contribution in [-0.4, -0.2) is 47.8 Å². The second kappa shape index (κ2) is 7.39. The van der Waals surface area contributed by atoms with Crippen LogP contribution in [0, 0.1) is 17.8 Å². The third-order valence-corrected chi connectivity index (χ3v) is 8.10. The van der Waals surface area contributed by atoms with E-state index < -0.39 is 23.2 Å². The number of halogens is 4. The van der Waals surface area contributed by atoms with Gasteiger partial charge in [0.05, 0.1) is 10.6 Å². The minimum absolute atomic E-state index is 0.0718. The lowest BCUT2D eigenvalue weighted by atomic mass is 9.95. The van der Waals surface area contributed by atoms with E-state index in [9.17, 15) is 22.8 Å². The van der Waals surface area contributed by atoms with Gasteiger partial charge < -0.3 is 14.2 Å². The van der Waals surface area contributed by atoms with Crippen LogP contribution in [0.1, 0.15) is 59.7 Å². The molecule has 2 aliphatic carbocycles. The number of piperidine rings is 2. The van der Waals surface area contributed by atoms with Gasteiger partial charge in [0.15, 0.2) is 0 Å². The maximum Gasteiger partial charge on any atom is 0.420 e. The highest BCUT2D eigenvalue weighted by Gasteiger charge is 2.47. The first-order chi connectivity index (χ1) is 15.7. The zero-order valence-corrected chi connectivity index (χ0v) is 18.7. The summed E-state index contributed by atoms with van der Waals surface area (Å²) in [6, 6.07) is 2.74. The SMILES string of the molecule is O=C(c1oc2c(C(F)(F)F)cc(C3CC3)cc2c1Cl)N1CCC(C(=O)N2CC3CC3C2)CC1. The Morgan fingerprint density at radius 1 is 1.00 bits per heavy atom. The predicted molar refractivity (Wildman–Crippen MR) is 115 cm³/mol. The van der Waals surface area contributed by atoms with E-state index in [1.54, 1.807) is 6.07 Å².